The Labute approximate surface area is 90.8 Å². The number of aryl methyl sites for hydroxylation is 1. The fraction of sp³-hybridized carbons (Fsp3) is 0.333. The Bertz CT molecular complexity index is 398. The fourth-order valence-electron chi connectivity index (χ4n) is 0.921. The molecule has 0 unspecified atom stereocenters. The average Bonchev–Trinajstić information content (AvgIpc) is 2.18. The van der Waals surface area contributed by atoms with Gasteiger partial charge in [0, 0.05) is 13.6 Å². The van der Waals surface area contributed by atoms with Gasteiger partial charge in [-0.05, 0) is 22.9 Å². The van der Waals surface area contributed by atoms with Crippen LogP contribution in [0.4, 0.5) is 5.69 Å². The fourth-order valence-corrected chi connectivity index (χ4v) is 1.42. The molecule has 0 atom stereocenters. The van der Waals surface area contributed by atoms with Crippen LogP contribution in [0.25, 0.3) is 0 Å². The Morgan fingerprint density at radius 3 is 3.07 bits per heavy atom. The standard InChI is InChI=1S/C9H12BrN3O/c1-3-4-5-11-7-6-12-13(2)9(14)8(7)10/h3-4,6,11H,5H2,1-2H3/b4-3+. The highest BCUT2D eigenvalue weighted by Crippen LogP contribution is 2.15. The van der Waals surface area contributed by atoms with Gasteiger partial charge in [-0.3, -0.25) is 4.79 Å². The number of halogens is 1. The summed E-state index contributed by atoms with van der Waals surface area (Å²) in [6.07, 6.45) is 5.52. The van der Waals surface area contributed by atoms with Crippen molar-refractivity contribution in [1.82, 2.24) is 9.78 Å². The van der Waals surface area contributed by atoms with Gasteiger partial charge in [0.1, 0.15) is 4.47 Å². The number of rotatable bonds is 3. The van der Waals surface area contributed by atoms with Crippen molar-refractivity contribution in [3.05, 3.63) is 33.2 Å². The van der Waals surface area contributed by atoms with Crippen LogP contribution in [-0.2, 0) is 7.05 Å². The van der Waals surface area contributed by atoms with Crippen molar-refractivity contribution in [2.75, 3.05) is 11.9 Å². The molecule has 0 aromatic carbocycles. The summed E-state index contributed by atoms with van der Waals surface area (Å²) in [6.45, 7) is 2.63. The number of nitrogens with one attached hydrogen (secondary N) is 1. The maximum atomic E-state index is 11.4. The third-order valence-corrected chi connectivity index (χ3v) is 2.49. The van der Waals surface area contributed by atoms with Gasteiger partial charge in [0.25, 0.3) is 5.56 Å². The first-order valence-electron chi connectivity index (χ1n) is 4.23. The third kappa shape index (κ3) is 2.45. The Kier molecular flexibility index (Phi) is 3.88. The molecule has 14 heavy (non-hydrogen) atoms. The Morgan fingerprint density at radius 2 is 2.43 bits per heavy atom. The maximum absolute atomic E-state index is 11.4. The molecule has 0 radical (unpaired) electrons. The predicted octanol–water partition coefficient (Wildman–Crippen LogP) is 1.53. The van der Waals surface area contributed by atoms with Gasteiger partial charge >= 0.3 is 0 Å². The monoisotopic (exact) mass is 257 g/mol. The zero-order valence-electron chi connectivity index (χ0n) is 8.12. The first-order chi connectivity index (χ1) is 6.66. The summed E-state index contributed by atoms with van der Waals surface area (Å²) < 4.78 is 1.80. The zero-order chi connectivity index (χ0) is 10.6. The SMILES string of the molecule is C/C=C/CNc1cnn(C)c(=O)c1Br. The van der Waals surface area contributed by atoms with Crippen molar-refractivity contribution in [3.63, 3.8) is 0 Å². The third-order valence-electron chi connectivity index (χ3n) is 1.72. The molecule has 0 saturated carbocycles. The summed E-state index contributed by atoms with van der Waals surface area (Å²) in [7, 11) is 1.61. The van der Waals surface area contributed by atoms with Crippen LogP contribution >= 0.6 is 15.9 Å². The molecule has 0 aliphatic heterocycles. The van der Waals surface area contributed by atoms with Gasteiger partial charge in [-0.2, -0.15) is 5.10 Å². The summed E-state index contributed by atoms with van der Waals surface area (Å²) in [6, 6.07) is 0. The molecule has 0 amide bonds. The summed E-state index contributed by atoms with van der Waals surface area (Å²) >= 11 is 3.22. The second-order valence-corrected chi connectivity index (χ2v) is 3.54. The van der Waals surface area contributed by atoms with Crippen LogP contribution in [0.3, 0.4) is 0 Å². The quantitative estimate of drug-likeness (QED) is 0.836. The largest absolute Gasteiger partial charge is 0.379 e. The molecule has 76 valence electrons. The van der Waals surface area contributed by atoms with Gasteiger partial charge in [0.05, 0.1) is 11.9 Å². The van der Waals surface area contributed by atoms with E-state index in [0.717, 1.165) is 0 Å². The zero-order valence-corrected chi connectivity index (χ0v) is 9.71. The molecule has 0 aliphatic rings. The van der Waals surface area contributed by atoms with Crippen LogP contribution in [0, 0.1) is 0 Å². The van der Waals surface area contributed by atoms with Crippen molar-refractivity contribution in [1.29, 1.82) is 0 Å². The molecule has 0 bridgehead atoms. The van der Waals surface area contributed by atoms with Gasteiger partial charge in [0.15, 0.2) is 0 Å². The Balaban J connectivity index is 2.89. The van der Waals surface area contributed by atoms with E-state index in [1.165, 1.54) is 4.68 Å². The van der Waals surface area contributed by atoms with Crippen molar-refractivity contribution in [3.8, 4) is 0 Å². The molecule has 0 spiro atoms. The summed E-state index contributed by atoms with van der Waals surface area (Å²) in [5.74, 6) is 0. The van der Waals surface area contributed by atoms with Gasteiger partial charge in [-0.1, -0.05) is 12.2 Å². The molecule has 4 nitrogen and oxygen atoms in total. The van der Waals surface area contributed by atoms with E-state index < -0.39 is 0 Å². The smallest absolute Gasteiger partial charge is 0.282 e. The van der Waals surface area contributed by atoms with Gasteiger partial charge in [0.2, 0.25) is 0 Å². The molecule has 0 saturated heterocycles. The molecule has 1 N–H and O–H groups in total. The van der Waals surface area contributed by atoms with Crippen LogP contribution in [-0.4, -0.2) is 16.3 Å². The average molecular weight is 258 g/mol. The lowest BCUT2D eigenvalue weighted by Crippen LogP contribution is -2.21. The predicted molar refractivity (Wildman–Crippen MR) is 60.5 cm³/mol. The highest BCUT2D eigenvalue weighted by Gasteiger charge is 2.04. The summed E-state index contributed by atoms with van der Waals surface area (Å²) in [4.78, 5) is 11.4. The minimum atomic E-state index is -0.143. The first-order valence-corrected chi connectivity index (χ1v) is 5.03. The highest BCUT2D eigenvalue weighted by atomic mass is 79.9. The van der Waals surface area contributed by atoms with E-state index in [-0.39, 0.29) is 5.56 Å². The van der Waals surface area contributed by atoms with Crippen molar-refractivity contribution in [2.45, 2.75) is 6.92 Å². The molecule has 1 heterocycles. The Hall–Kier alpha value is -1.10. The van der Waals surface area contributed by atoms with Crippen molar-refractivity contribution < 1.29 is 0 Å². The van der Waals surface area contributed by atoms with Crippen LogP contribution in [0.5, 0.6) is 0 Å². The normalized spacial score (nSPS) is 10.8. The van der Waals surface area contributed by atoms with Crippen molar-refractivity contribution >= 4 is 21.6 Å². The van der Waals surface area contributed by atoms with Crippen molar-refractivity contribution in [2.24, 2.45) is 7.05 Å². The lowest BCUT2D eigenvalue weighted by Gasteiger charge is -2.05. The molecular weight excluding hydrogens is 246 g/mol. The van der Waals surface area contributed by atoms with E-state index in [1.54, 1.807) is 13.2 Å². The van der Waals surface area contributed by atoms with E-state index in [1.807, 2.05) is 19.1 Å². The van der Waals surface area contributed by atoms with Gasteiger partial charge < -0.3 is 5.32 Å². The van der Waals surface area contributed by atoms with Gasteiger partial charge in [-0.15, -0.1) is 0 Å². The van der Waals surface area contributed by atoms with Crippen LogP contribution in [0.15, 0.2) is 27.6 Å². The molecular formula is C9H12BrN3O. The topological polar surface area (TPSA) is 46.9 Å². The van der Waals surface area contributed by atoms with E-state index >= 15 is 0 Å². The molecule has 5 heteroatoms. The second-order valence-electron chi connectivity index (χ2n) is 2.75. The van der Waals surface area contributed by atoms with E-state index in [2.05, 4.69) is 26.3 Å². The number of hydrogen-bond acceptors (Lipinski definition) is 3. The first kappa shape index (κ1) is 11.0. The number of hydrogen-bond donors (Lipinski definition) is 1. The van der Waals surface area contributed by atoms with E-state index in [0.29, 0.717) is 16.7 Å². The molecule has 0 fully saturated rings. The number of aromatic nitrogens is 2. The molecule has 0 aliphatic carbocycles. The number of nitrogens with zero attached hydrogens (tertiary/aromatic N) is 2. The van der Waals surface area contributed by atoms with Gasteiger partial charge in [-0.25, -0.2) is 4.68 Å². The number of allylic oxidation sites excluding steroid dienone is 1. The maximum Gasteiger partial charge on any atom is 0.282 e. The minimum absolute atomic E-state index is 0.143. The molecule has 1 aromatic rings. The van der Waals surface area contributed by atoms with Crippen LogP contribution < -0.4 is 10.9 Å². The number of anilines is 1. The van der Waals surface area contributed by atoms with E-state index in [4.69, 9.17) is 0 Å². The Morgan fingerprint density at radius 1 is 1.71 bits per heavy atom. The summed E-state index contributed by atoms with van der Waals surface area (Å²) in [5.41, 5.74) is 0.571. The summed E-state index contributed by atoms with van der Waals surface area (Å²) in [5, 5.41) is 6.98. The lowest BCUT2D eigenvalue weighted by atomic mass is 10.4. The van der Waals surface area contributed by atoms with Crippen LogP contribution in [0.1, 0.15) is 6.92 Å². The lowest BCUT2D eigenvalue weighted by molar-refractivity contribution is 0.703. The molecule has 1 aromatic heterocycles. The highest BCUT2D eigenvalue weighted by molar-refractivity contribution is 9.10. The van der Waals surface area contributed by atoms with Crippen LogP contribution in [0.2, 0.25) is 0 Å². The second kappa shape index (κ2) is 4.95. The minimum Gasteiger partial charge on any atom is -0.379 e. The molecule has 1 rings (SSSR count). The van der Waals surface area contributed by atoms with E-state index in [9.17, 15) is 4.79 Å².